The number of aliphatic hydroxyl groups excluding tert-OH is 2. The van der Waals surface area contributed by atoms with Gasteiger partial charge in [0, 0.05) is 19.3 Å². The molecule has 12 heteroatoms. The molecule has 0 aromatic carbocycles. The number of carbonyl (C=O) groups excluding carboxylic acids is 3. The van der Waals surface area contributed by atoms with E-state index in [2.05, 4.69) is 93.7 Å². The van der Waals surface area contributed by atoms with Crippen molar-refractivity contribution in [1.82, 2.24) is 0 Å². The molecule has 6 atom stereocenters. The van der Waals surface area contributed by atoms with Gasteiger partial charge in [0.05, 0.1) is 6.61 Å². The zero-order valence-corrected chi connectivity index (χ0v) is 51.3. The summed E-state index contributed by atoms with van der Waals surface area (Å²) in [6, 6.07) is 0. The van der Waals surface area contributed by atoms with Crippen LogP contribution in [0.3, 0.4) is 0 Å². The lowest BCUT2D eigenvalue weighted by Gasteiger charge is -2.40. The molecule has 0 bridgehead atoms. The van der Waals surface area contributed by atoms with Gasteiger partial charge in [-0.15, -0.1) is 0 Å². The number of carbonyl (C=O) groups is 4. The number of carboxylic acid groups (broad SMARTS) is 1. The minimum Gasteiger partial charge on any atom is -0.479 e. The maximum Gasteiger partial charge on any atom is 0.335 e. The van der Waals surface area contributed by atoms with Gasteiger partial charge in [0.15, 0.2) is 24.6 Å². The molecule has 0 radical (unpaired) electrons. The molecule has 1 aliphatic rings. The largest absolute Gasteiger partial charge is 0.479 e. The van der Waals surface area contributed by atoms with Crippen molar-refractivity contribution >= 4 is 23.9 Å². The first-order valence-electron chi connectivity index (χ1n) is 32.6. The molecule has 1 aliphatic heterocycles. The van der Waals surface area contributed by atoms with Crippen LogP contribution in [0.4, 0.5) is 0 Å². The van der Waals surface area contributed by atoms with Gasteiger partial charge in [0.2, 0.25) is 0 Å². The Balaban J connectivity index is 2.66. The van der Waals surface area contributed by atoms with Crippen LogP contribution in [0.2, 0.25) is 0 Å². The van der Waals surface area contributed by atoms with E-state index in [-0.39, 0.29) is 25.9 Å². The highest BCUT2D eigenvalue weighted by molar-refractivity contribution is 5.74. The van der Waals surface area contributed by atoms with E-state index >= 15 is 0 Å². The molecule has 1 heterocycles. The molecule has 1 saturated heterocycles. The number of allylic oxidation sites excluding steroid dienone is 14. The Bertz CT molecular complexity index is 1730. The highest BCUT2D eigenvalue weighted by Crippen LogP contribution is 2.26. The van der Waals surface area contributed by atoms with Gasteiger partial charge in [0.25, 0.3) is 0 Å². The Morgan fingerprint density at radius 2 is 0.802 bits per heavy atom. The van der Waals surface area contributed by atoms with Crippen molar-refractivity contribution in [3.63, 3.8) is 0 Å². The van der Waals surface area contributed by atoms with Gasteiger partial charge in [-0.05, 0) is 103 Å². The summed E-state index contributed by atoms with van der Waals surface area (Å²) >= 11 is 0. The molecule has 0 aromatic heterocycles. The summed E-state index contributed by atoms with van der Waals surface area (Å²) in [5.41, 5.74) is 0. The van der Waals surface area contributed by atoms with E-state index in [9.17, 15) is 34.5 Å². The van der Waals surface area contributed by atoms with Crippen molar-refractivity contribution in [2.45, 2.75) is 314 Å². The van der Waals surface area contributed by atoms with E-state index in [4.69, 9.17) is 23.7 Å². The number of aliphatic carboxylic acids is 1. The fraction of sp³-hybridized carbons (Fsp3) is 0.739. The van der Waals surface area contributed by atoms with Gasteiger partial charge in [-0.3, -0.25) is 14.4 Å². The van der Waals surface area contributed by atoms with Gasteiger partial charge in [0.1, 0.15) is 18.8 Å². The second kappa shape index (κ2) is 56.4. The summed E-state index contributed by atoms with van der Waals surface area (Å²) in [6.45, 7) is 5.81. The number of unbranched alkanes of at least 4 members (excludes halogenated alkanes) is 27. The standard InChI is InChI=1S/C69H116O12/c1-4-7-10-13-16-19-22-25-27-29-31-33-35-38-40-43-46-49-52-55-61(70)77-58-60(79-62(71)56-53-50-47-44-41-37-24-21-18-15-12-9-6-3)59-78-69-67(65(74)64(73)66(81-69)68(75)76)80-63(72)57-54-51-48-45-42-39-36-34-32-30-28-26-23-20-17-14-11-8-5-2/h9,12,16,18-19,21,25-28,37,41,47,50,60,64-67,69,73-74H,4-8,10-11,13-15,17,20,22-24,29-36,38-40,42-46,48-49,51-59H2,1-3H3,(H,75,76)/b12-9-,19-16-,21-18-,27-25-,28-26-,41-37-,50-47-. The summed E-state index contributed by atoms with van der Waals surface area (Å²) < 4.78 is 28.4. The molecule has 12 nitrogen and oxygen atoms in total. The van der Waals surface area contributed by atoms with E-state index in [0.717, 1.165) is 83.5 Å². The summed E-state index contributed by atoms with van der Waals surface area (Å²) in [5, 5.41) is 31.6. The molecular formula is C69H116O12. The second-order valence-electron chi connectivity index (χ2n) is 22.0. The number of hydrogen-bond acceptors (Lipinski definition) is 11. The predicted octanol–water partition coefficient (Wildman–Crippen LogP) is 17.5. The number of ether oxygens (including phenoxy) is 5. The molecule has 1 fully saturated rings. The van der Waals surface area contributed by atoms with Crippen LogP contribution >= 0.6 is 0 Å². The first-order valence-corrected chi connectivity index (χ1v) is 32.6. The molecule has 464 valence electrons. The molecule has 0 aromatic rings. The van der Waals surface area contributed by atoms with Gasteiger partial charge in [-0.25, -0.2) is 4.79 Å². The third kappa shape index (κ3) is 46.0. The van der Waals surface area contributed by atoms with E-state index in [0.29, 0.717) is 25.7 Å². The SMILES string of the molecule is CC/C=C\C/C=C\C/C=C\C/C=C\CCC(=O)OC(COC(=O)CCCCCCCCCCC/C=C\C/C=C\CCCCC)COC1OC(C(=O)O)C(O)C(O)C1OC(=O)CCCCCCCCCCC/C=C\CCCCCCCC. The lowest BCUT2D eigenvalue weighted by molar-refractivity contribution is -0.301. The zero-order valence-electron chi connectivity index (χ0n) is 51.3. The van der Waals surface area contributed by atoms with Crippen LogP contribution in [0.25, 0.3) is 0 Å². The first kappa shape index (κ1) is 74.9. The summed E-state index contributed by atoms with van der Waals surface area (Å²) in [7, 11) is 0. The van der Waals surface area contributed by atoms with E-state index in [1.165, 1.54) is 128 Å². The monoisotopic (exact) mass is 1140 g/mol. The quantitative estimate of drug-likeness (QED) is 0.0228. The normalized spacial score (nSPS) is 18.3. The zero-order chi connectivity index (χ0) is 58.9. The van der Waals surface area contributed by atoms with Crippen molar-refractivity contribution < 1.29 is 58.2 Å². The Kier molecular flexibility index (Phi) is 52.1. The lowest BCUT2D eigenvalue weighted by atomic mass is 9.98. The minimum absolute atomic E-state index is 0.0387. The Morgan fingerprint density at radius 3 is 1.27 bits per heavy atom. The molecule has 6 unspecified atom stereocenters. The van der Waals surface area contributed by atoms with Gasteiger partial charge in [-0.1, -0.05) is 241 Å². The van der Waals surface area contributed by atoms with Crippen LogP contribution in [0, 0.1) is 0 Å². The van der Waals surface area contributed by atoms with E-state index < -0.39 is 67.3 Å². The van der Waals surface area contributed by atoms with Crippen LogP contribution in [-0.2, 0) is 42.9 Å². The highest BCUT2D eigenvalue weighted by atomic mass is 16.7. The van der Waals surface area contributed by atoms with Gasteiger partial charge in [-0.2, -0.15) is 0 Å². The van der Waals surface area contributed by atoms with Crippen LogP contribution < -0.4 is 0 Å². The van der Waals surface area contributed by atoms with Crippen molar-refractivity contribution in [3.05, 3.63) is 85.1 Å². The smallest absolute Gasteiger partial charge is 0.335 e. The molecule has 3 N–H and O–H groups in total. The van der Waals surface area contributed by atoms with Gasteiger partial charge >= 0.3 is 23.9 Å². The topological polar surface area (TPSA) is 175 Å². The van der Waals surface area contributed by atoms with E-state index in [1.807, 2.05) is 12.2 Å². The maximum atomic E-state index is 13.1. The molecule has 81 heavy (non-hydrogen) atoms. The fourth-order valence-electron chi connectivity index (χ4n) is 9.47. The Labute approximate surface area is 492 Å². The number of rotatable bonds is 55. The van der Waals surface area contributed by atoms with Crippen LogP contribution in [-0.4, -0.2) is 89.2 Å². The van der Waals surface area contributed by atoms with Crippen LogP contribution in [0.15, 0.2) is 85.1 Å². The summed E-state index contributed by atoms with van der Waals surface area (Å²) in [4.78, 5) is 51.3. The second-order valence-corrected chi connectivity index (χ2v) is 22.0. The predicted molar refractivity (Wildman–Crippen MR) is 331 cm³/mol. The first-order chi connectivity index (χ1) is 39.6. The molecular weight excluding hydrogens is 1020 g/mol. The van der Waals surface area contributed by atoms with Crippen molar-refractivity contribution in [2.24, 2.45) is 0 Å². The fourth-order valence-corrected chi connectivity index (χ4v) is 9.47. The van der Waals surface area contributed by atoms with Gasteiger partial charge < -0.3 is 39.0 Å². The maximum absolute atomic E-state index is 13.1. The highest BCUT2D eigenvalue weighted by Gasteiger charge is 2.50. The molecule has 1 rings (SSSR count). The Morgan fingerprint density at radius 1 is 0.420 bits per heavy atom. The summed E-state index contributed by atoms with van der Waals surface area (Å²) in [5.74, 6) is -3.23. The number of aliphatic hydroxyl groups is 2. The van der Waals surface area contributed by atoms with Crippen molar-refractivity contribution in [2.75, 3.05) is 13.2 Å². The number of carboxylic acids is 1. The van der Waals surface area contributed by atoms with Crippen molar-refractivity contribution in [1.29, 1.82) is 0 Å². The number of hydrogen-bond donors (Lipinski definition) is 3. The Hall–Kier alpha value is -4.10. The third-order valence-electron chi connectivity index (χ3n) is 14.4. The molecule has 0 saturated carbocycles. The van der Waals surface area contributed by atoms with E-state index in [1.54, 1.807) is 0 Å². The molecule has 0 aliphatic carbocycles. The minimum atomic E-state index is -1.92. The molecule has 0 amide bonds. The number of esters is 3. The average Bonchev–Trinajstić information content (AvgIpc) is 3.54. The van der Waals surface area contributed by atoms with Crippen molar-refractivity contribution in [3.8, 4) is 0 Å². The third-order valence-corrected chi connectivity index (χ3v) is 14.4. The lowest BCUT2D eigenvalue weighted by Crippen LogP contribution is -2.61. The average molecular weight is 1140 g/mol. The molecule has 0 spiro atoms. The van der Waals surface area contributed by atoms with Crippen LogP contribution in [0.1, 0.15) is 278 Å². The van der Waals surface area contributed by atoms with Crippen LogP contribution in [0.5, 0.6) is 0 Å². The summed E-state index contributed by atoms with van der Waals surface area (Å²) in [6.07, 6.45) is 61.3.